The molecule has 9 nitrogen and oxygen atoms in total. The molecule has 0 spiro atoms. The van der Waals surface area contributed by atoms with E-state index in [1.807, 2.05) is 24.3 Å². The van der Waals surface area contributed by atoms with Crippen LogP contribution in [0.2, 0.25) is 0 Å². The average molecular weight is 525 g/mol. The largest absolute Gasteiger partial charge is 0.497 e. The number of hydrogen-bond acceptors (Lipinski definition) is 9. The van der Waals surface area contributed by atoms with Crippen molar-refractivity contribution in [2.45, 2.75) is 96.5 Å². The summed E-state index contributed by atoms with van der Waals surface area (Å²) in [5.41, 5.74) is -1.83. The number of benzene rings is 1. The molecule has 1 N–H and O–H groups in total. The van der Waals surface area contributed by atoms with Gasteiger partial charge in [0.2, 0.25) is 0 Å². The van der Waals surface area contributed by atoms with E-state index in [0.717, 1.165) is 11.3 Å². The molecule has 37 heavy (non-hydrogen) atoms. The molecule has 3 rings (SSSR count). The summed E-state index contributed by atoms with van der Waals surface area (Å²) in [6.07, 6.45) is -1.26. The van der Waals surface area contributed by atoms with Gasteiger partial charge in [-0.05, 0) is 65.7 Å². The van der Waals surface area contributed by atoms with E-state index in [4.69, 9.17) is 33.2 Å². The number of hydrogen-bond donors (Lipinski definition) is 1. The van der Waals surface area contributed by atoms with E-state index < -0.39 is 40.9 Å². The topological polar surface area (TPSA) is 102 Å². The smallest absolute Gasteiger partial charge is 0.172 e. The average Bonchev–Trinajstić information content (AvgIpc) is 3.41. The maximum atomic E-state index is 13.7. The Hall–Kier alpha value is -1.59. The third-order valence-corrected chi connectivity index (χ3v) is 7.42. The van der Waals surface area contributed by atoms with Crippen LogP contribution in [0.5, 0.6) is 5.75 Å². The van der Waals surface area contributed by atoms with Gasteiger partial charge in [-0.15, -0.1) is 0 Å². The highest BCUT2D eigenvalue weighted by atomic mass is 16.8. The summed E-state index contributed by atoms with van der Waals surface area (Å²) < 4.78 is 40.2. The molecular weight excluding hydrogens is 480 g/mol. The Labute approximate surface area is 220 Å². The van der Waals surface area contributed by atoms with Crippen LogP contribution in [0.15, 0.2) is 24.3 Å². The van der Waals surface area contributed by atoms with E-state index in [1.54, 1.807) is 55.8 Å². The molecule has 0 aliphatic carbocycles. The van der Waals surface area contributed by atoms with Crippen molar-refractivity contribution in [2.75, 3.05) is 34.0 Å². The van der Waals surface area contributed by atoms with E-state index in [2.05, 4.69) is 0 Å². The van der Waals surface area contributed by atoms with Crippen LogP contribution in [0.1, 0.15) is 59.9 Å². The number of methoxy groups -OCH3 is 2. The Balaban J connectivity index is 1.71. The number of carbonyl (C=O) groups excluding carboxylic acids is 1. The van der Waals surface area contributed by atoms with Crippen LogP contribution in [0.3, 0.4) is 0 Å². The highest BCUT2D eigenvalue weighted by Gasteiger charge is 2.60. The molecule has 0 bridgehead atoms. The monoisotopic (exact) mass is 524 g/mol. The third kappa shape index (κ3) is 7.09. The first-order valence-electron chi connectivity index (χ1n) is 12.9. The summed E-state index contributed by atoms with van der Waals surface area (Å²) in [7, 11) is 3.22. The summed E-state index contributed by atoms with van der Waals surface area (Å²) in [6, 6.07) is 7.69. The molecule has 2 heterocycles. The predicted molar refractivity (Wildman–Crippen MR) is 136 cm³/mol. The van der Waals surface area contributed by atoms with E-state index in [0.29, 0.717) is 19.6 Å². The predicted octanol–water partition coefficient (Wildman–Crippen LogP) is 3.64. The SMILES string of the molecule is COc1ccc(COCC[C@@H](C[C@](O)([C@H]2COC(C)(C)O2)C(C)(C)C(=O)[C@H]2COC(C)(C)O2)OC)cc1. The Kier molecular flexibility index (Phi) is 9.44. The summed E-state index contributed by atoms with van der Waals surface area (Å²) in [5, 5.41) is 12.3. The van der Waals surface area contributed by atoms with Crippen molar-refractivity contribution in [1.29, 1.82) is 0 Å². The van der Waals surface area contributed by atoms with E-state index in [9.17, 15) is 9.90 Å². The molecule has 0 aromatic heterocycles. The van der Waals surface area contributed by atoms with Crippen molar-refractivity contribution in [3.05, 3.63) is 29.8 Å². The fourth-order valence-corrected chi connectivity index (χ4v) is 4.92. The standard InChI is InChI=1S/C28H44O9/c1-25(2,24(29)22-17-34-26(3,4)36-22)28(30,23-18-35-27(5,6)37-23)15-21(32-8)13-14-33-16-19-9-11-20(31-7)12-10-19/h9-12,21-23,30H,13-18H2,1-8H3/t21-,22+,23+,28-/m0/s1. The Morgan fingerprint density at radius 2 is 1.68 bits per heavy atom. The van der Waals surface area contributed by atoms with Crippen molar-refractivity contribution in [3.8, 4) is 5.75 Å². The highest BCUT2D eigenvalue weighted by molar-refractivity contribution is 5.90. The van der Waals surface area contributed by atoms with Crippen LogP contribution in [-0.4, -0.2) is 80.4 Å². The van der Waals surface area contributed by atoms with Crippen molar-refractivity contribution in [1.82, 2.24) is 0 Å². The van der Waals surface area contributed by atoms with Crippen LogP contribution in [-0.2, 0) is 39.8 Å². The number of Topliss-reactive ketones (excluding diaryl/α,β-unsaturated/α-hetero) is 1. The molecule has 2 aliphatic rings. The molecule has 2 fully saturated rings. The zero-order valence-corrected chi connectivity index (χ0v) is 23.5. The minimum atomic E-state index is -1.61. The first-order valence-corrected chi connectivity index (χ1v) is 12.9. The Morgan fingerprint density at radius 3 is 2.19 bits per heavy atom. The van der Waals surface area contributed by atoms with Gasteiger partial charge in [0, 0.05) is 20.1 Å². The van der Waals surface area contributed by atoms with Crippen molar-refractivity contribution >= 4 is 5.78 Å². The lowest BCUT2D eigenvalue weighted by atomic mass is 9.65. The van der Waals surface area contributed by atoms with Gasteiger partial charge in [0.25, 0.3) is 0 Å². The third-order valence-electron chi connectivity index (χ3n) is 7.42. The molecule has 1 aromatic rings. The molecule has 0 radical (unpaired) electrons. The van der Waals surface area contributed by atoms with Gasteiger partial charge < -0.3 is 38.3 Å². The Morgan fingerprint density at radius 1 is 1.05 bits per heavy atom. The van der Waals surface area contributed by atoms with Crippen LogP contribution in [0.4, 0.5) is 0 Å². The second-order valence-electron chi connectivity index (χ2n) is 11.3. The van der Waals surface area contributed by atoms with Gasteiger partial charge in [-0.25, -0.2) is 0 Å². The van der Waals surface area contributed by atoms with Gasteiger partial charge in [-0.2, -0.15) is 0 Å². The molecule has 2 saturated heterocycles. The molecule has 4 atom stereocenters. The highest BCUT2D eigenvalue weighted by Crippen LogP contribution is 2.45. The lowest BCUT2D eigenvalue weighted by molar-refractivity contribution is -0.212. The molecule has 210 valence electrons. The normalized spacial score (nSPS) is 25.5. The van der Waals surface area contributed by atoms with Crippen molar-refractivity contribution in [2.24, 2.45) is 5.41 Å². The minimum absolute atomic E-state index is 0.131. The summed E-state index contributed by atoms with van der Waals surface area (Å²) in [4.78, 5) is 13.7. The molecule has 1 aromatic carbocycles. The fourth-order valence-electron chi connectivity index (χ4n) is 4.92. The molecule has 0 amide bonds. The molecule has 2 aliphatic heterocycles. The summed E-state index contributed by atoms with van der Waals surface area (Å²) in [6.45, 7) is 11.7. The van der Waals surface area contributed by atoms with Crippen LogP contribution < -0.4 is 4.74 Å². The van der Waals surface area contributed by atoms with Crippen LogP contribution in [0.25, 0.3) is 0 Å². The van der Waals surface area contributed by atoms with E-state index >= 15 is 0 Å². The van der Waals surface area contributed by atoms with Gasteiger partial charge in [0.15, 0.2) is 17.4 Å². The van der Waals surface area contributed by atoms with E-state index in [-0.39, 0.29) is 25.4 Å². The Bertz CT molecular complexity index is 895. The number of ketones is 1. The minimum Gasteiger partial charge on any atom is -0.497 e. The molecule has 9 heteroatoms. The van der Waals surface area contributed by atoms with Gasteiger partial charge in [0.05, 0.1) is 38.4 Å². The zero-order chi connectivity index (χ0) is 27.5. The lowest BCUT2D eigenvalue weighted by Crippen LogP contribution is -2.62. The molecule has 0 saturated carbocycles. The van der Waals surface area contributed by atoms with Gasteiger partial charge in [0.1, 0.15) is 23.6 Å². The van der Waals surface area contributed by atoms with Crippen LogP contribution in [0, 0.1) is 5.41 Å². The molecular formula is C28H44O9. The molecule has 0 unspecified atom stereocenters. The summed E-state index contributed by atoms with van der Waals surface area (Å²) >= 11 is 0. The maximum absolute atomic E-state index is 13.7. The van der Waals surface area contributed by atoms with Gasteiger partial charge >= 0.3 is 0 Å². The lowest BCUT2D eigenvalue weighted by Gasteiger charge is -2.46. The van der Waals surface area contributed by atoms with Crippen molar-refractivity contribution < 1.29 is 43.1 Å². The zero-order valence-electron chi connectivity index (χ0n) is 23.5. The summed E-state index contributed by atoms with van der Waals surface area (Å²) in [5.74, 6) is -1.20. The van der Waals surface area contributed by atoms with Gasteiger partial charge in [-0.1, -0.05) is 12.1 Å². The first kappa shape index (κ1) is 30.0. The number of aliphatic hydroxyl groups is 1. The quantitative estimate of drug-likeness (QED) is 0.388. The fraction of sp³-hybridized carbons (Fsp3) is 0.750. The van der Waals surface area contributed by atoms with Gasteiger partial charge in [-0.3, -0.25) is 4.79 Å². The number of carbonyl (C=O) groups is 1. The van der Waals surface area contributed by atoms with Crippen LogP contribution >= 0.6 is 0 Å². The van der Waals surface area contributed by atoms with Crippen molar-refractivity contribution in [3.63, 3.8) is 0 Å². The maximum Gasteiger partial charge on any atom is 0.172 e. The second-order valence-corrected chi connectivity index (χ2v) is 11.3. The first-order chi connectivity index (χ1) is 17.2. The number of ether oxygens (including phenoxy) is 7. The van der Waals surface area contributed by atoms with E-state index in [1.165, 1.54) is 0 Å². The number of rotatable bonds is 13. The second kappa shape index (κ2) is 11.7.